The molecule has 0 spiro atoms. The van der Waals surface area contributed by atoms with Gasteiger partial charge in [0.25, 0.3) is 5.91 Å². The van der Waals surface area contributed by atoms with Crippen LogP contribution in [0.3, 0.4) is 0 Å². The molecule has 0 radical (unpaired) electrons. The molecule has 6 nitrogen and oxygen atoms in total. The first-order valence-corrected chi connectivity index (χ1v) is 10.1. The van der Waals surface area contributed by atoms with Gasteiger partial charge in [-0.1, -0.05) is 74.5 Å². The predicted molar refractivity (Wildman–Crippen MR) is 114 cm³/mol. The molecule has 6 heteroatoms. The maximum atomic E-state index is 13.3. The van der Waals surface area contributed by atoms with Crippen LogP contribution in [0.15, 0.2) is 66.4 Å². The number of hydroxylamine groups is 2. The average Bonchev–Trinajstić information content (AvgIpc) is 2.75. The van der Waals surface area contributed by atoms with Gasteiger partial charge in [-0.15, -0.1) is 5.06 Å². The molecule has 1 heterocycles. The SMILES string of the molecule is COCON1C(=O)/C(=C/c2ccccc2)N(Cc2ccccc2)[C@@H](CC(C)C)C1=O. The molecule has 1 fully saturated rings. The molecule has 30 heavy (non-hydrogen) atoms. The Kier molecular flexibility index (Phi) is 7.38. The number of imide groups is 1. The molecule has 0 aromatic heterocycles. The summed E-state index contributed by atoms with van der Waals surface area (Å²) >= 11 is 0. The van der Waals surface area contributed by atoms with E-state index in [1.807, 2.05) is 71.6 Å². The van der Waals surface area contributed by atoms with E-state index in [0.29, 0.717) is 18.7 Å². The van der Waals surface area contributed by atoms with Crippen molar-refractivity contribution in [3.63, 3.8) is 0 Å². The molecule has 1 aliphatic rings. The third kappa shape index (κ3) is 5.14. The van der Waals surface area contributed by atoms with Gasteiger partial charge in [0.2, 0.25) is 0 Å². The molecule has 0 N–H and O–H groups in total. The summed E-state index contributed by atoms with van der Waals surface area (Å²) in [5.41, 5.74) is 2.33. The van der Waals surface area contributed by atoms with Gasteiger partial charge in [0, 0.05) is 13.7 Å². The summed E-state index contributed by atoms with van der Waals surface area (Å²) in [4.78, 5) is 33.8. The molecular formula is C24H28N2O4. The monoisotopic (exact) mass is 408 g/mol. The summed E-state index contributed by atoms with van der Waals surface area (Å²) < 4.78 is 4.93. The van der Waals surface area contributed by atoms with E-state index < -0.39 is 11.9 Å². The number of benzene rings is 2. The molecule has 2 aromatic rings. The van der Waals surface area contributed by atoms with Crippen LogP contribution in [0.25, 0.3) is 6.08 Å². The van der Waals surface area contributed by atoms with Crippen molar-refractivity contribution in [3.05, 3.63) is 77.5 Å². The minimum atomic E-state index is -0.519. The summed E-state index contributed by atoms with van der Waals surface area (Å²) in [6, 6.07) is 18.9. The van der Waals surface area contributed by atoms with E-state index >= 15 is 0 Å². The first kappa shape index (κ1) is 21.7. The molecule has 0 bridgehead atoms. The average molecular weight is 408 g/mol. The van der Waals surface area contributed by atoms with E-state index in [2.05, 4.69) is 13.8 Å². The van der Waals surface area contributed by atoms with Crippen LogP contribution in [-0.2, 0) is 25.7 Å². The molecule has 1 aliphatic heterocycles. The number of hydrogen-bond acceptors (Lipinski definition) is 5. The van der Waals surface area contributed by atoms with Crippen LogP contribution < -0.4 is 0 Å². The lowest BCUT2D eigenvalue weighted by Crippen LogP contribution is -2.58. The number of methoxy groups -OCH3 is 1. The zero-order valence-electron chi connectivity index (χ0n) is 17.7. The first-order valence-electron chi connectivity index (χ1n) is 10.1. The molecule has 0 saturated carbocycles. The number of carbonyl (C=O) groups excluding carboxylic acids is 2. The van der Waals surface area contributed by atoms with Crippen LogP contribution in [0.4, 0.5) is 0 Å². The first-order chi connectivity index (χ1) is 14.5. The van der Waals surface area contributed by atoms with Crippen LogP contribution in [0.2, 0.25) is 0 Å². The van der Waals surface area contributed by atoms with E-state index in [4.69, 9.17) is 9.57 Å². The van der Waals surface area contributed by atoms with Crippen molar-refractivity contribution in [2.75, 3.05) is 13.9 Å². The van der Waals surface area contributed by atoms with E-state index in [1.165, 1.54) is 7.11 Å². The largest absolute Gasteiger partial charge is 0.356 e. The Balaban J connectivity index is 2.06. The van der Waals surface area contributed by atoms with Crippen molar-refractivity contribution in [1.29, 1.82) is 0 Å². The standard InChI is InChI=1S/C24H28N2O4/c1-18(2)14-21-23(27)26(30-17-29-3)24(28)22(15-19-10-6-4-7-11-19)25(21)16-20-12-8-5-9-13-20/h4-13,15,18,21H,14,16-17H2,1-3H3/b22-15-/t21-/m0/s1. The van der Waals surface area contributed by atoms with Crippen LogP contribution in [-0.4, -0.2) is 41.7 Å². The third-order valence-corrected chi connectivity index (χ3v) is 4.87. The second-order valence-corrected chi connectivity index (χ2v) is 7.67. The minimum Gasteiger partial charge on any atom is -0.356 e. The second kappa shape index (κ2) is 10.2. The number of ether oxygens (including phenoxy) is 1. The van der Waals surface area contributed by atoms with Gasteiger partial charge in [-0.25, -0.2) is 4.84 Å². The Hall–Kier alpha value is -2.96. The van der Waals surface area contributed by atoms with Crippen LogP contribution in [0.5, 0.6) is 0 Å². The third-order valence-electron chi connectivity index (χ3n) is 4.87. The number of piperazine rings is 1. The fourth-order valence-electron chi connectivity index (χ4n) is 3.49. The lowest BCUT2D eigenvalue weighted by Gasteiger charge is -2.41. The van der Waals surface area contributed by atoms with Crippen molar-refractivity contribution in [2.45, 2.75) is 32.9 Å². The summed E-state index contributed by atoms with van der Waals surface area (Å²) in [5.74, 6) is -0.601. The molecule has 0 aliphatic carbocycles. The van der Waals surface area contributed by atoms with Crippen LogP contribution in [0.1, 0.15) is 31.4 Å². The van der Waals surface area contributed by atoms with E-state index in [0.717, 1.165) is 16.2 Å². The lowest BCUT2D eigenvalue weighted by atomic mass is 9.97. The highest BCUT2D eigenvalue weighted by Gasteiger charge is 2.44. The predicted octanol–water partition coefficient (Wildman–Crippen LogP) is 3.85. The molecule has 1 saturated heterocycles. The van der Waals surface area contributed by atoms with Crippen molar-refractivity contribution >= 4 is 17.9 Å². The number of nitrogens with zero attached hydrogens (tertiary/aromatic N) is 2. The number of rotatable bonds is 8. The topological polar surface area (TPSA) is 59.1 Å². The summed E-state index contributed by atoms with van der Waals surface area (Å²) in [5, 5.41) is 0.854. The maximum absolute atomic E-state index is 13.3. The smallest absolute Gasteiger partial charge is 0.301 e. The quantitative estimate of drug-likeness (QED) is 0.377. The Bertz CT molecular complexity index is 881. The lowest BCUT2D eigenvalue weighted by molar-refractivity contribution is -0.226. The molecule has 3 rings (SSSR count). The summed E-state index contributed by atoms with van der Waals surface area (Å²) in [7, 11) is 1.45. The number of hydrogen-bond donors (Lipinski definition) is 0. The summed E-state index contributed by atoms with van der Waals surface area (Å²) in [6.07, 6.45) is 2.41. The van der Waals surface area contributed by atoms with E-state index in [9.17, 15) is 9.59 Å². The van der Waals surface area contributed by atoms with Crippen LogP contribution >= 0.6 is 0 Å². The molecule has 1 atom stereocenters. The number of carbonyl (C=O) groups is 2. The van der Waals surface area contributed by atoms with Gasteiger partial charge in [0.05, 0.1) is 0 Å². The molecule has 2 amide bonds. The van der Waals surface area contributed by atoms with Gasteiger partial charge >= 0.3 is 5.91 Å². The van der Waals surface area contributed by atoms with Crippen molar-refractivity contribution in [3.8, 4) is 0 Å². The minimum absolute atomic E-state index is 0.177. The second-order valence-electron chi connectivity index (χ2n) is 7.67. The Labute approximate surface area is 177 Å². The highest BCUT2D eigenvalue weighted by Crippen LogP contribution is 2.29. The van der Waals surface area contributed by atoms with Gasteiger partial charge in [0.15, 0.2) is 6.79 Å². The van der Waals surface area contributed by atoms with Crippen LogP contribution in [0, 0.1) is 5.92 Å². The Morgan fingerprint density at radius 2 is 1.63 bits per heavy atom. The van der Waals surface area contributed by atoms with E-state index in [1.54, 1.807) is 0 Å². The zero-order valence-corrected chi connectivity index (χ0v) is 17.7. The fourth-order valence-corrected chi connectivity index (χ4v) is 3.49. The van der Waals surface area contributed by atoms with Gasteiger partial charge in [-0.05, 0) is 29.5 Å². The fraction of sp³-hybridized carbons (Fsp3) is 0.333. The van der Waals surface area contributed by atoms with Gasteiger partial charge in [-0.2, -0.15) is 0 Å². The van der Waals surface area contributed by atoms with Gasteiger partial charge in [0.1, 0.15) is 11.7 Å². The molecule has 0 unspecified atom stereocenters. The number of amides is 2. The van der Waals surface area contributed by atoms with Crippen molar-refractivity contribution < 1.29 is 19.2 Å². The molecular weight excluding hydrogens is 380 g/mol. The van der Waals surface area contributed by atoms with Gasteiger partial charge in [-0.3, -0.25) is 9.59 Å². The van der Waals surface area contributed by atoms with Crippen molar-refractivity contribution in [1.82, 2.24) is 9.96 Å². The Morgan fingerprint density at radius 3 is 2.23 bits per heavy atom. The maximum Gasteiger partial charge on any atom is 0.301 e. The normalized spacial score (nSPS) is 18.5. The molecule has 158 valence electrons. The highest BCUT2D eigenvalue weighted by molar-refractivity contribution is 6.09. The summed E-state index contributed by atoms with van der Waals surface area (Å²) in [6.45, 7) is 4.40. The zero-order chi connectivity index (χ0) is 21.5. The van der Waals surface area contributed by atoms with Crippen molar-refractivity contribution in [2.24, 2.45) is 5.92 Å². The Morgan fingerprint density at radius 1 is 1.00 bits per heavy atom. The molecule has 2 aromatic carbocycles. The highest BCUT2D eigenvalue weighted by atomic mass is 16.8. The van der Waals surface area contributed by atoms with Gasteiger partial charge < -0.3 is 9.64 Å². The van der Waals surface area contributed by atoms with E-state index in [-0.39, 0.29) is 18.6 Å².